The van der Waals surface area contributed by atoms with Crippen LogP contribution in [0.4, 0.5) is 0 Å². The maximum Gasteiger partial charge on any atom is 0.344 e. The van der Waals surface area contributed by atoms with Gasteiger partial charge in [-0.15, -0.1) is 0 Å². The Labute approximate surface area is 235 Å². The number of fused-ring (bicyclic) bond motifs is 1. The molecule has 40 heavy (non-hydrogen) atoms. The van der Waals surface area contributed by atoms with Gasteiger partial charge in [-0.2, -0.15) is 0 Å². The second-order valence-electron chi connectivity index (χ2n) is 10.6. The lowest BCUT2D eigenvalue weighted by molar-refractivity contribution is -0.144. The summed E-state index contributed by atoms with van der Waals surface area (Å²) in [6, 6.07) is 19.6. The van der Waals surface area contributed by atoms with Gasteiger partial charge in [-0.05, 0) is 86.2 Å². The predicted octanol–water partition coefficient (Wildman–Crippen LogP) is 6.78. The first kappa shape index (κ1) is 28.7. The Kier molecular flexibility index (Phi) is 8.52. The van der Waals surface area contributed by atoms with E-state index in [0.29, 0.717) is 29.5 Å². The summed E-state index contributed by atoms with van der Waals surface area (Å²) in [5, 5.41) is 13.4. The van der Waals surface area contributed by atoms with Gasteiger partial charge in [0.05, 0.1) is 13.2 Å². The number of rotatable bonds is 10. The van der Waals surface area contributed by atoms with Crippen LogP contribution < -0.4 is 14.8 Å². The summed E-state index contributed by atoms with van der Waals surface area (Å²) in [6.07, 6.45) is -1.01. The largest absolute Gasteiger partial charge is 0.493 e. The molecule has 0 fully saturated rings. The number of benzene rings is 3. The van der Waals surface area contributed by atoms with Crippen LogP contribution in [0.15, 0.2) is 60.7 Å². The molecule has 210 valence electrons. The Morgan fingerprint density at radius 3 is 2.33 bits per heavy atom. The molecule has 0 aliphatic heterocycles. The Morgan fingerprint density at radius 1 is 0.925 bits per heavy atom. The van der Waals surface area contributed by atoms with Crippen LogP contribution in [0, 0.1) is 13.8 Å². The van der Waals surface area contributed by atoms with Crippen LogP contribution >= 0.6 is 0 Å². The quantitative estimate of drug-likeness (QED) is 0.231. The molecule has 7 heteroatoms. The van der Waals surface area contributed by atoms with Gasteiger partial charge in [0.1, 0.15) is 0 Å². The number of methoxy groups -OCH3 is 1. The fourth-order valence-electron chi connectivity index (χ4n) is 4.88. The average molecular weight is 543 g/mol. The molecule has 0 aliphatic rings. The summed E-state index contributed by atoms with van der Waals surface area (Å²) in [6.45, 7) is 12.5. The van der Waals surface area contributed by atoms with Crippen molar-refractivity contribution in [2.24, 2.45) is 0 Å². The highest BCUT2D eigenvalue weighted by atomic mass is 16.5. The number of carboxylic acid groups (broad SMARTS) is 1. The third kappa shape index (κ3) is 5.98. The predicted molar refractivity (Wildman–Crippen MR) is 158 cm³/mol. The summed E-state index contributed by atoms with van der Waals surface area (Å²) in [4.78, 5) is 24.6. The number of aromatic nitrogens is 1. The molecule has 7 nitrogen and oxygen atoms in total. The van der Waals surface area contributed by atoms with Gasteiger partial charge >= 0.3 is 5.97 Å². The number of aliphatic carboxylic acids is 1. The summed E-state index contributed by atoms with van der Waals surface area (Å²) in [5.41, 5.74) is 7.09. The smallest absolute Gasteiger partial charge is 0.344 e. The molecule has 4 rings (SSSR count). The average Bonchev–Trinajstić information content (AvgIpc) is 3.17. The normalized spacial score (nSPS) is 12.8. The molecule has 1 unspecified atom stereocenters. The molecule has 0 bridgehead atoms. The van der Waals surface area contributed by atoms with Crippen molar-refractivity contribution in [1.29, 1.82) is 0 Å². The fraction of sp³-hybridized carbons (Fsp3) is 0.333. The maximum atomic E-state index is 13.2. The van der Waals surface area contributed by atoms with Crippen molar-refractivity contribution in [3.63, 3.8) is 0 Å². The number of amides is 1. The van der Waals surface area contributed by atoms with E-state index in [0.717, 1.165) is 33.3 Å². The number of carbonyl (C=O) groups excluding carboxylic acids is 1. The SMILES string of the molecule is COc1ccc(Cn2c(C)c(C)c3cc(C(=O)N[C@@H](C)c4cccc(C(C)C)c4)ccc32)cc1OC(C)C(=O)O. The van der Waals surface area contributed by atoms with Crippen LogP contribution in [-0.4, -0.2) is 34.8 Å². The topological polar surface area (TPSA) is 89.8 Å². The molecule has 3 aromatic carbocycles. The maximum absolute atomic E-state index is 13.2. The fourth-order valence-corrected chi connectivity index (χ4v) is 4.88. The van der Waals surface area contributed by atoms with Crippen LogP contribution in [0.25, 0.3) is 10.9 Å². The number of carbonyl (C=O) groups is 2. The molecule has 0 radical (unpaired) electrons. The van der Waals surface area contributed by atoms with Gasteiger partial charge in [-0.25, -0.2) is 4.79 Å². The van der Waals surface area contributed by atoms with Gasteiger partial charge < -0.3 is 24.5 Å². The van der Waals surface area contributed by atoms with E-state index in [2.05, 4.69) is 49.7 Å². The summed E-state index contributed by atoms with van der Waals surface area (Å²) >= 11 is 0. The molecular weight excluding hydrogens is 504 g/mol. The highest BCUT2D eigenvalue weighted by Gasteiger charge is 2.19. The van der Waals surface area contributed by atoms with Crippen molar-refractivity contribution < 1.29 is 24.2 Å². The minimum atomic E-state index is -1.05. The molecule has 0 spiro atoms. The van der Waals surface area contributed by atoms with E-state index in [-0.39, 0.29) is 11.9 Å². The minimum absolute atomic E-state index is 0.112. The first-order valence-corrected chi connectivity index (χ1v) is 13.6. The van der Waals surface area contributed by atoms with Gasteiger partial charge in [0.15, 0.2) is 17.6 Å². The van der Waals surface area contributed by atoms with E-state index >= 15 is 0 Å². The van der Waals surface area contributed by atoms with Crippen molar-refractivity contribution in [2.45, 2.75) is 66.2 Å². The van der Waals surface area contributed by atoms with E-state index in [1.165, 1.54) is 19.6 Å². The van der Waals surface area contributed by atoms with E-state index in [1.807, 2.05) is 49.4 Å². The van der Waals surface area contributed by atoms with Gasteiger partial charge in [0.2, 0.25) is 0 Å². The highest BCUT2D eigenvalue weighted by Crippen LogP contribution is 2.32. The zero-order chi connectivity index (χ0) is 29.1. The first-order chi connectivity index (χ1) is 19.0. The Balaban J connectivity index is 1.59. The van der Waals surface area contributed by atoms with Crippen molar-refractivity contribution in [3.05, 3.63) is 94.2 Å². The van der Waals surface area contributed by atoms with Crippen molar-refractivity contribution in [1.82, 2.24) is 9.88 Å². The molecule has 0 saturated carbocycles. The molecule has 0 saturated heterocycles. The highest BCUT2D eigenvalue weighted by molar-refractivity contribution is 5.99. The number of nitrogens with one attached hydrogen (secondary N) is 1. The summed E-state index contributed by atoms with van der Waals surface area (Å²) < 4.78 is 13.2. The number of nitrogens with zero attached hydrogens (tertiary/aromatic N) is 1. The second kappa shape index (κ2) is 11.9. The summed E-state index contributed by atoms with van der Waals surface area (Å²) in [7, 11) is 1.53. The molecule has 4 aromatic rings. The number of hydrogen-bond acceptors (Lipinski definition) is 4. The lowest BCUT2D eigenvalue weighted by Gasteiger charge is -2.17. The van der Waals surface area contributed by atoms with Gasteiger partial charge in [-0.1, -0.05) is 44.2 Å². The third-order valence-electron chi connectivity index (χ3n) is 7.55. The van der Waals surface area contributed by atoms with Gasteiger partial charge in [0, 0.05) is 28.7 Å². The molecule has 2 N–H and O–H groups in total. The van der Waals surface area contributed by atoms with Crippen LogP contribution in [0.3, 0.4) is 0 Å². The Morgan fingerprint density at radius 2 is 1.65 bits per heavy atom. The third-order valence-corrected chi connectivity index (χ3v) is 7.55. The Bertz CT molecular complexity index is 1550. The van der Waals surface area contributed by atoms with E-state index < -0.39 is 12.1 Å². The zero-order valence-corrected chi connectivity index (χ0v) is 24.2. The van der Waals surface area contributed by atoms with E-state index in [1.54, 1.807) is 6.07 Å². The monoisotopic (exact) mass is 542 g/mol. The standard InChI is InChI=1S/C33H38N2O5/c1-19(2)25-9-8-10-26(16-25)21(4)34-32(36)27-12-13-29-28(17-27)20(3)22(5)35(29)18-24-11-14-30(39-7)31(15-24)40-23(6)33(37)38/h8-17,19,21,23H,18H2,1-7H3,(H,34,36)(H,37,38)/t21-,23?/m0/s1. The van der Waals surface area contributed by atoms with Crippen LogP contribution in [0.5, 0.6) is 11.5 Å². The lowest BCUT2D eigenvalue weighted by atomic mass is 9.98. The molecule has 1 heterocycles. The molecule has 0 aliphatic carbocycles. The molecule has 1 aromatic heterocycles. The number of hydrogen-bond donors (Lipinski definition) is 2. The lowest BCUT2D eigenvalue weighted by Crippen LogP contribution is -2.26. The Hall–Kier alpha value is -4.26. The number of carboxylic acids is 1. The minimum Gasteiger partial charge on any atom is -0.493 e. The van der Waals surface area contributed by atoms with Crippen molar-refractivity contribution in [2.75, 3.05) is 7.11 Å². The van der Waals surface area contributed by atoms with Crippen molar-refractivity contribution in [3.8, 4) is 11.5 Å². The van der Waals surface area contributed by atoms with Crippen molar-refractivity contribution >= 4 is 22.8 Å². The number of ether oxygens (including phenoxy) is 2. The van der Waals surface area contributed by atoms with Crippen LogP contribution in [-0.2, 0) is 11.3 Å². The van der Waals surface area contributed by atoms with Gasteiger partial charge in [0.25, 0.3) is 5.91 Å². The van der Waals surface area contributed by atoms with Crippen LogP contribution in [0.2, 0.25) is 0 Å². The molecular formula is C33H38N2O5. The number of aryl methyl sites for hydroxylation is 1. The first-order valence-electron chi connectivity index (χ1n) is 13.6. The molecule has 2 atom stereocenters. The van der Waals surface area contributed by atoms with E-state index in [4.69, 9.17) is 9.47 Å². The molecule has 1 amide bonds. The van der Waals surface area contributed by atoms with E-state index in [9.17, 15) is 14.7 Å². The van der Waals surface area contributed by atoms with Crippen LogP contribution in [0.1, 0.15) is 78.0 Å². The summed E-state index contributed by atoms with van der Waals surface area (Å²) in [5.74, 6) is 0.119. The zero-order valence-electron chi connectivity index (χ0n) is 24.2. The second-order valence-corrected chi connectivity index (χ2v) is 10.6. The van der Waals surface area contributed by atoms with Gasteiger partial charge in [-0.3, -0.25) is 4.79 Å².